The highest BCUT2D eigenvalue weighted by atomic mass is 15.4. The van der Waals surface area contributed by atoms with E-state index in [-0.39, 0.29) is 5.41 Å². The summed E-state index contributed by atoms with van der Waals surface area (Å²) in [5, 5.41) is 8.14. The molecule has 1 saturated carbocycles. The minimum atomic E-state index is 0.0372. The summed E-state index contributed by atoms with van der Waals surface area (Å²) in [6.45, 7) is 15.6. The quantitative estimate of drug-likeness (QED) is 0.102. The van der Waals surface area contributed by atoms with E-state index in [0.717, 1.165) is 71.3 Å². The van der Waals surface area contributed by atoms with Gasteiger partial charge in [-0.2, -0.15) is 5.10 Å². The van der Waals surface area contributed by atoms with Gasteiger partial charge in [0, 0.05) is 50.2 Å². The number of anilines is 2. The number of fused-ring (bicyclic) bond motifs is 1. The average Bonchev–Trinajstić information content (AvgIpc) is 3.04. The Morgan fingerprint density at radius 3 is 2.41 bits per heavy atom. The zero-order valence-corrected chi connectivity index (χ0v) is 28.6. The van der Waals surface area contributed by atoms with Crippen LogP contribution in [0, 0.1) is 0 Å². The van der Waals surface area contributed by atoms with Crippen molar-refractivity contribution in [2.75, 3.05) is 31.1 Å². The molecule has 0 unspecified atom stereocenters. The Balaban J connectivity index is 1.31. The van der Waals surface area contributed by atoms with Gasteiger partial charge in [-0.15, -0.1) is 0 Å². The maximum Gasteiger partial charge on any atom is 0.0743 e. The second kappa shape index (κ2) is 14.3. The molecule has 5 heteroatoms. The number of hydrazone groups is 1. The van der Waals surface area contributed by atoms with Crippen LogP contribution in [0.3, 0.4) is 0 Å². The average molecular weight is 612 g/mol. The highest BCUT2D eigenvalue weighted by Crippen LogP contribution is 2.31. The Morgan fingerprint density at radius 2 is 1.70 bits per heavy atom. The van der Waals surface area contributed by atoms with Crippen LogP contribution in [0.15, 0.2) is 107 Å². The summed E-state index contributed by atoms with van der Waals surface area (Å²) >= 11 is 0. The number of nitrogens with zero attached hydrogens (tertiary/aromatic N) is 5. The molecular weight excluding hydrogens is 562 g/mol. The van der Waals surface area contributed by atoms with Crippen molar-refractivity contribution in [2.24, 2.45) is 10.1 Å². The van der Waals surface area contributed by atoms with Gasteiger partial charge in [0.15, 0.2) is 0 Å². The number of aryl methyl sites for hydroxylation is 1. The zero-order valence-electron chi connectivity index (χ0n) is 28.6. The van der Waals surface area contributed by atoms with Crippen molar-refractivity contribution in [1.29, 1.82) is 0 Å². The summed E-state index contributed by atoms with van der Waals surface area (Å²) in [6, 6.07) is 23.7. The lowest BCUT2D eigenvalue weighted by molar-refractivity contribution is 0.589. The van der Waals surface area contributed by atoms with E-state index in [1.165, 1.54) is 40.7 Å². The molecule has 4 aromatic rings. The minimum absolute atomic E-state index is 0.0372. The fourth-order valence-corrected chi connectivity index (χ4v) is 5.92. The van der Waals surface area contributed by atoms with Crippen molar-refractivity contribution in [3.8, 4) is 0 Å². The van der Waals surface area contributed by atoms with Gasteiger partial charge in [0.05, 0.1) is 22.6 Å². The van der Waals surface area contributed by atoms with Gasteiger partial charge in [-0.3, -0.25) is 15.0 Å². The molecule has 1 aliphatic rings. The fourth-order valence-electron chi connectivity index (χ4n) is 5.92. The number of allylic oxidation sites excluding steroid dienone is 2. The summed E-state index contributed by atoms with van der Waals surface area (Å²) in [5.41, 5.74) is 12.7. The van der Waals surface area contributed by atoms with Crippen LogP contribution >= 0.6 is 0 Å². The number of hydrogen-bond donors (Lipinski definition) is 0. The minimum Gasteiger partial charge on any atom is -0.378 e. The summed E-state index contributed by atoms with van der Waals surface area (Å²) in [4.78, 5) is 11.6. The molecule has 0 atom stereocenters. The van der Waals surface area contributed by atoms with E-state index in [9.17, 15) is 0 Å². The fraction of sp³-hybridized carbons (Fsp3) is 0.341. The normalized spacial score (nSPS) is 14.7. The van der Waals surface area contributed by atoms with Gasteiger partial charge in [-0.1, -0.05) is 63.8 Å². The van der Waals surface area contributed by atoms with Crippen molar-refractivity contribution in [3.05, 3.63) is 119 Å². The van der Waals surface area contributed by atoms with Crippen LogP contribution in [0.2, 0.25) is 0 Å². The van der Waals surface area contributed by atoms with Crippen molar-refractivity contribution in [3.63, 3.8) is 0 Å². The first-order valence-corrected chi connectivity index (χ1v) is 16.5. The SMILES string of the molecule is C=C(CCc1cc(N(C)/N=C2/CCCCC2=C)cc(C(C)(C)C)c1)Cc1ccc(/C=N/c2ccc(N(C)C)cc2)c2cccnc12. The Labute approximate surface area is 276 Å². The maximum absolute atomic E-state index is 4.99. The molecule has 238 valence electrons. The molecule has 0 N–H and O–H groups in total. The monoisotopic (exact) mass is 611 g/mol. The largest absolute Gasteiger partial charge is 0.378 e. The van der Waals surface area contributed by atoms with E-state index in [0.29, 0.717) is 0 Å². The van der Waals surface area contributed by atoms with Crippen LogP contribution in [0.25, 0.3) is 10.9 Å². The van der Waals surface area contributed by atoms with Crippen LogP contribution in [-0.2, 0) is 18.3 Å². The summed E-state index contributed by atoms with van der Waals surface area (Å²) in [7, 11) is 6.15. The molecule has 1 heterocycles. The number of pyridine rings is 1. The van der Waals surface area contributed by atoms with Crippen LogP contribution in [0.5, 0.6) is 0 Å². The summed E-state index contributed by atoms with van der Waals surface area (Å²) < 4.78 is 0. The lowest BCUT2D eigenvalue weighted by atomic mass is 9.85. The van der Waals surface area contributed by atoms with Crippen LogP contribution in [-0.4, -0.2) is 38.1 Å². The van der Waals surface area contributed by atoms with Gasteiger partial charge < -0.3 is 4.90 Å². The number of hydrogen-bond acceptors (Lipinski definition) is 5. The third-order valence-electron chi connectivity index (χ3n) is 8.85. The van der Waals surface area contributed by atoms with Gasteiger partial charge in [0.2, 0.25) is 0 Å². The van der Waals surface area contributed by atoms with Crippen molar-refractivity contribution in [1.82, 2.24) is 4.98 Å². The van der Waals surface area contributed by atoms with Crippen LogP contribution in [0.4, 0.5) is 17.1 Å². The molecule has 5 nitrogen and oxygen atoms in total. The summed E-state index contributed by atoms with van der Waals surface area (Å²) in [5.74, 6) is 0. The Kier molecular flexibility index (Phi) is 10.2. The third-order valence-corrected chi connectivity index (χ3v) is 8.85. The lowest BCUT2D eigenvalue weighted by Crippen LogP contribution is -2.18. The highest BCUT2D eigenvalue weighted by molar-refractivity contribution is 6.01. The van der Waals surface area contributed by atoms with Gasteiger partial charge in [-0.05, 0) is 115 Å². The van der Waals surface area contributed by atoms with E-state index in [1.807, 2.05) is 49.7 Å². The standard InChI is InChI=1S/C41H49N5/c1-29(15-16-31-25-34(41(3,4)5)27-37(26-31)46(8)44-39-14-10-9-12-30(39)2)24-32-17-18-33(38-13-11-23-42-40(32)38)28-43-35-19-21-36(22-20-35)45(6)7/h11,13,17-23,25-28H,1-2,9-10,12,14-16,24H2,3-8H3/b43-28+,44-39-. The predicted molar refractivity (Wildman–Crippen MR) is 200 cm³/mol. The zero-order chi connectivity index (χ0) is 32.8. The molecule has 0 saturated heterocycles. The first kappa shape index (κ1) is 32.9. The molecular formula is C41H49N5. The maximum atomic E-state index is 4.99. The molecule has 0 radical (unpaired) electrons. The molecule has 0 amide bonds. The topological polar surface area (TPSA) is 44.1 Å². The molecule has 1 fully saturated rings. The van der Waals surface area contributed by atoms with Crippen LogP contribution in [0.1, 0.15) is 75.1 Å². The Morgan fingerprint density at radius 1 is 0.935 bits per heavy atom. The van der Waals surface area contributed by atoms with Crippen LogP contribution < -0.4 is 9.91 Å². The van der Waals surface area contributed by atoms with E-state index >= 15 is 0 Å². The second-order valence-electron chi connectivity index (χ2n) is 13.8. The number of aliphatic imine (C=N–C) groups is 1. The second-order valence-corrected chi connectivity index (χ2v) is 13.8. The van der Waals surface area contributed by atoms with E-state index in [1.54, 1.807) is 0 Å². The van der Waals surface area contributed by atoms with Crippen molar-refractivity contribution in [2.45, 2.75) is 71.1 Å². The first-order valence-electron chi connectivity index (χ1n) is 16.5. The molecule has 5 rings (SSSR count). The van der Waals surface area contributed by atoms with E-state index in [4.69, 9.17) is 15.1 Å². The molecule has 0 aliphatic heterocycles. The Hall–Kier alpha value is -4.51. The smallest absolute Gasteiger partial charge is 0.0743 e. The molecule has 46 heavy (non-hydrogen) atoms. The first-order chi connectivity index (χ1) is 22.0. The number of rotatable bonds is 10. The van der Waals surface area contributed by atoms with E-state index < -0.39 is 0 Å². The van der Waals surface area contributed by atoms with Gasteiger partial charge in [0.1, 0.15) is 0 Å². The molecule has 1 aromatic heterocycles. The molecule has 1 aliphatic carbocycles. The van der Waals surface area contributed by atoms with Gasteiger partial charge in [0.25, 0.3) is 0 Å². The predicted octanol–water partition coefficient (Wildman–Crippen LogP) is 10.0. The number of aromatic nitrogens is 1. The van der Waals surface area contributed by atoms with Crippen molar-refractivity contribution >= 4 is 39.9 Å². The summed E-state index contributed by atoms with van der Waals surface area (Å²) in [6.07, 6.45) is 10.9. The molecule has 0 bridgehead atoms. The van der Waals surface area contributed by atoms with Gasteiger partial charge >= 0.3 is 0 Å². The van der Waals surface area contributed by atoms with E-state index in [2.05, 4.69) is 94.4 Å². The van der Waals surface area contributed by atoms with Gasteiger partial charge in [-0.25, -0.2) is 0 Å². The highest BCUT2D eigenvalue weighted by Gasteiger charge is 2.18. The lowest BCUT2D eigenvalue weighted by Gasteiger charge is -2.25. The molecule has 0 spiro atoms. The molecule has 3 aromatic carbocycles. The van der Waals surface area contributed by atoms with Crippen molar-refractivity contribution < 1.29 is 0 Å². The third kappa shape index (κ3) is 8.20. The number of benzene rings is 3. The Bertz CT molecular complexity index is 1770.